The molecule has 5 heteroatoms. The van der Waals surface area contributed by atoms with Crippen molar-refractivity contribution in [2.24, 2.45) is 0 Å². The Morgan fingerprint density at radius 3 is 2.64 bits per heavy atom. The van der Waals surface area contributed by atoms with Gasteiger partial charge in [0.15, 0.2) is 0 Å². The summed E-state index contributed by atoms with van der Waals surface area (Å²) in [6.07, 6.45) is 0. The number of ether oxygens (including phenoxy) is 1. The second kappa shape index (κ2) is 7.96. The maximum atomic E-state index is 12.2. The molecular formula is C17H22N2O2S. The molecule has 0 aliphatic rings. The third kappa shape index (κ3) is 4.58. The first-order chi connectivity index (χ1) is 10.6. The summed E-state index contributed by atoms with van der Waals surface area (Å²) in [5, 5.41) is 5.03. The van der Waals surface area contributed by atoms with E-state index >= 15 is 0 Å². The van der Waals surface area contributed by atoms with E-state index in [1.54, 1.807) is 18.4 Å². The van der Waals surface area contributed by atoms with E-state index in [0.717, 1.165) is 17.9 Å². The predicted molar refractivity (Wildman–Crippen MR) is 90.1 cm³/mol. The Morgan fingerprint density at radius 2 is 2.05 bits per heavy atom. The molecular weight excluding hydrogens is 296 g/mol. The molecule has 0 aliphatic heterocycles. The number of carbonyl (C=O) groups excluding carboxylic acids is 1. The van der Waals surface area contributed by atoms with Gasteiger partial charge in [-0.1, -0.05) is 18.2 Å². The molecule has 22 heavy (non-hydrogen) atoms. The summed E-state index contributed by atoms with van der Waals surface area (Å²) in [6, 6.07) is 11.7. The average Bonchev–Trinajstić information content (AvgIpc) is 3.05. The van der Waals surface area contributed by atoms with Gasteiger partial charge in [-0.25, -0.2) is 0 Å². The molecule has 4 nitrogen and oxygen atoms in total. The number of hydrogen-bond donors (Lipinski definition) is 1. The fourth-order valence-electron chi connectivity index (χ4n) is 2.07. The van der Waals surface area contributed by atoms with Crippen LogP contribution < -0.4 is 10.1 Å². The lowest BCUT2D eigenvalue weighted by atomic mass is 10.2. The van der Waals surface area contributed by atoms with Gasteiger partial charge in [-0.15, -0.1) is 11.3 Å². The van der Waals surface area contributed by atoms with Crippen molar-refractivity contribution in [2.45, 2.75) is 26.1 Å². The fourth-order valence-corrected chi connectivity index (χ4v) is 2.83. The number of benzene rings is 1. The summed E-state index contributed by atoms with van der Waals surface area (Å²) in [4.78, 5) is 15.5. The molecule has 0 unspecified atom stereocenters. The van der Waals surface area contributed by atoms with Crippen LogP contribution in [0.15, 0.2) is 41.8 Å². The van der Waals surface area contributed by atoms with Gasteiger partial charge in [-0.2, -0.15) is 0 Å². The Morgan fingerprint density at radius 1 is 1.32 bits per heavy atom. The summed E-state index contributed by atoms with van der Waals surface area (Å²) in [7, 11) is 3.61. The number of nitrogens with one attached hydrogen (secondary N) is 1. The van der Waals surface area contributed by atoms with Gasteiger partial charge in [0.05, 0.1) is 13.2 Å². The van der Waals surface area contributed by atoms with Crippen molar-refractivity contribution in [1.82, 2.24) is 10.2 Å². The fraction of sp³-hybridized carbons (Fsp3) is 0.353. The zero-order chi connectivity index (χ0) is 15.9. The molecule has 0 bridgehead atoms. The topological polar surface area (TPSA) is 41.6 Å². The van der Waals surface area contributed by atoms with Crippen molar-refractivity contribution in [3.63, 3.8) is 0 Å². The number of carbonyl (C=O) groups is 1. The highest BCUT2D eigenvalue weighted by molar-refractivity contribution is 7.09. The molecule has 1 aromatic heterocycles. The zero-order valence-corrected chi connectivity index (χ0v) is 14.0. The minimum absolute atomic E-state index is 0.0369. The van der Waals surface area contributed by atoms with Gasteiger partial charge in [0.25, 0.3) is 0 Å². The number of rotatable bonds is 7. The van der Waals surface area contributed by atoms with Gasteiger partial charge in [-0.05, 0) is 43.1 Å². The Balaban J connectivity index is 1.82. The van der Waals surface area contributed by atoms with E-state index in [4.69, 9.17) is 4.74 Å². The second-order valence-corrected chi connectivity index (χ2v) is 6.27. The van der Waals surface area contributed by atoms with Crippen molar-refractivity contribution in [3.05, 3.63) is 52.2 Å². The summed E-state index contributed by atoms with van der Waals surface area (Å²) >= 11 is 1.71. The van der Waals surface area contributed by atoms with Crippen molar-refractivity contribution in [1.29, 1.82) is 0 Å². The summed E-state index contributed by atoms with van der Waals surface area (Å²) in [5.74, 6) is 0.856. The normalized spacial score (nSPS) is 12.2. The van der Waals surface area contributed by atoms with Crippen molar-refractivity contribution in [3.8, 4) is 5.75 Å². The quantitative estimate of drug-likeness (QED) is 0.853. The lowest BCUT2D eigenvalue weighted by Gasteiger charge is -2.23. The first-order valence-corrected chi connectivity index (χ1v) is 8.11. The molecule has 0 aliphatic carbocycles. The minimum Gasteiger partial charge on any atom is -0.497 e. The molecule has 1 aromatic carbocycles. The van der Waals surface area contributed by atoms with Crippen LogP contribution in [-0.4, -0.2) is 31.0 Å². The molecule has 1 amide bonds. The molecule has 0 fully saturated rings. The minimum atomic E-state index is -0.166. The van der Waals surface area contributed by atoms with Gasteiger partial charge < -0.3 is 10.1 Å². The Labute approximate surface area is 135 Å². The van der Waals surface area contributed by atoms with Crippen LogP contribution in [0.5, 0.6) is 5.75 Å². The van der Waals surface area contributed by atoms with Crippen molar-refractivity contribution in [2.75, 3.05) is 14.2 Å². The van der Waals surface area contributed by atoms with Crippen molar-refractivity contribution < 1.29 is 9.53 Å². The molecule has 118 valence electrons. The van der Waals surface area contributed by atoms with Crippen LogP contribution >= 0.6 is 11.3 Å². The van der Waals surface area contributed by atoms with Crippen LogP contribution in [0.25, 0.3) is 0 Å². The van der Waals surface area contributed by atoms with E-state index in [9.17, 15) is 4.79 Å². The van der Waals surface area contributed by atoms with Gasteiger partial charge in [0, 0.05) is 18.0 Å². The van der Waals surface area contributed by atoms with E-state index < -0.39 is 0 Å². The Hall–Kier alpha value is -1.85. The lowest BCUT2D eigenvalue weighted by molar-refractivity contribution is -0.125. The number of nitrogens with zero attached hydrogens (tertiary/aromatic N) is 1. The van der Waals surface area contributed by atoms with E-state index in [1.165, 1.54) is 4.88 Å². The van der Waals surface area contributed by atoms with Crippen LogP contribution in [0.4, 0.5) is 0 Å². The monoisotopic (exact) mass is 318 g/mol. The van der Waals surface area contributed by atoms with E-state index in [0.29, 0.717) is 6.54 Å². The summed E-state index contributed by atoms with van der Waals surface area (Å²) in [5.41, 5.74) is 1.06. The first-order valence-electron chi connectivity index (χ1n) is 7.23. The molecule has 0 spiro atoms. The smallest absolute Gasteiger partial charge is 0.237 e. The third-order valence-electron chi connectivity index (χ3n) is 3.65. The lowest BCUT2D eigenvalue weighted by Crippen LogP contribution is -2.42. The van der Waals surface area contributed by atoms with Crippen LogP contribution in [0.2, 0.25) is 0 Å². The Bertz CT molecular complexity index is 581. The van der Waals surface area contributed by atoms with Crippen LogP contribution in [0, 0.1) is 0 Å². The van der Waals surface area contributed by atoms with Gasteiger partial charge >= 0.3 is 0 Å². The molecule has 0 radical (unpaired) electrons. The Kier molecular flexibility index (Phi) is 5.98. The van der Waals surface area contributed by atoms with E-state index in [2.05, 4.69) is 21.7 Å². The largest absolute Gasteiger partial charge is 0.497 e. The van der Waals surface area contributed by atoms with Crippen LogP contribution in [0.3, 0.4) is 0 Å². The SMILES string of the molecule is COc1ccc(CNC(=O)[C@@H](C)N(C)Cc2cccs2)cc1. The van der Waals surface area contributed by atoms with Crippen molar-refractivity contribution >= 4 is 17.2 Å². The molecule has 2 rings (SSSR count). The number of hydrogen-bond acceptors (Lipinski definition) is 4. The second-order valence-electron chi connectivity index (χ2n) is 5.24. The molecule has 1 N–H and O–H groups in total. The summed E-state index contributed by atoms with van der Waals surface area (Å²) < 4.78 is 5.12. The maximum absolute atomic E-state index is 12.2. The molecule has 0 saturated carbocycles. The number of amides is 1. The van der Waals surface area contributed by atoms with Crippen LogP contribution in [-0.2, 0) is 17.9 Å². The number of likely N-dealkylation sites (N-methyl/N-ethyl adjacent to an activating group) is 1. The molecule has 0 saturated heterocycles. The highest BCUT2D eigenvalue weighted by atomic mass is 32.1. The van der Waals surface area contributed by atoms with Gasteiger partial charge in [-0.3, -0.25) is 9.69 Å². The zero-order valence-electron chi connectivity index (χ0n) is 13.2. The highest BCUT2D eigenvalue weighted by Crippen LogP contribution is 2.13. The predicted octanol–water partition coefficient (Wildman–Crippen LogP) is 2.89. The third-order valence-corrected chi connectivity index (χ3v) is 4.51. The summed E-state index contributed by atoms with van der Waals surface area (Å²) in [6.45, 7) is 3.24. The average molecular weight is 318 g/mol. The molecule has 1 atom stereocenters. The number of thiophene rings is 1. The van der Waals surface area contributed by atoms with Crippen LogP contribution in [0.1, 0.15) is 17.4 Å². The number of methoxy groups -OCH3 is 1. The van der Waals surface area contributed by atoms with E-state index in [1.807, 2.05) is 44.3 Å². The highest BCUT2D eigenvalue weighted by Gasteiger charge is 2.18. The molecule has 1 heterocycles. The first kappa shape index (κ1) is 16.5. The van der Waals surface area contributed by atoms with E-state index in [-0.39, 0.29) is 11.9 Å². The standard InChI is InChI=1S/C17H22N2O2S/c1-13(19(2)12-16-5-4-10-22-16)17(20)18-11-14-6-8-15(21-3)9-7-14/h4-10,13H,11-12H2,1-3H3,(H,18,20)/t13-/m1/s1. The van der Waals surface area contributed by atoms with Gasteiger partial charge in [0.1, 0.15) is 5.75 Å². The molecule has 2 aromatic rings. The van der Waals surface area contributed by atoms with Gasteiger partial charge in [0.2, 0.25) is 5.91 Å². The maximum Gasteiger partial charge on any atom is 0.237 e.